The van der Waals surface area contributed by atoms with Gasteiger partial charge in [-0.05, 0) is 49.4 Å². The molecule has 0 fully saturated rings. The molecule has 0 saturated heterocycles. The molecule has 0 atom stereocenters. The Balaban J connectivity index is 2.10. The van der Waals surface area contributed by atoms with Crippen molar-refractivity contribution in [2.24, 2.45) is 0 Å². The first kappa shape index (κ1) is 15.3. The van der Waals surface area contributed by atoms with Crippen molar-refractivity contribution >= 4 is 17.7 Å². The first-order valence-electron chi connectivity index (χ1n) is 6.46. The number of hydrogen-bond donors (Lipinski definition) is 1. The molecule has 5 heteroatoms. The minimum absolute atomic E-state index is 0.102. The lowest BCUT2D eigenvalue weighted by Gasteiger charge is -2.07. The van der Waals surface area contributed by atoms with Gasteiger partial charge in [0.15, 0.2) is 11.5 Å². The number of esters is 1. The van der Waals surface area contributed by atoms with Crippen LogP contribution in [0.3, 0.4) is 0 Å². The van der Waals surface area contributed by atoms with Crippen molar-refractivity contribution in [3.8, 4) is 11.5 Å². The summed E-state index contributed by atoms with van der Waals surface area (Å²) in [5.41, 5.74) is 0.527. The summed E-state index contributed by atoms with van der Waals surface area (Å²) in [6, 6.07) is 12.4. The Bertz CT molecular complexity index is 623. The summed E-state index contributed by atoms with van der Waals surface area (Å²) in [5, 5.41) is 9.75. The number of hydrogen-bond acceptors (Lipinski definition) is 5. The van der Waals surface area contributed by atoms with Gasteiger partial charge in [0.25, 0.3) is 0 Å². The molecule has 4 nitrogen and oxygen atoms in total. The number of benzene rings is 2. The van der Waals surface area contributed by atoms with Crippen LogP contribution in [0.2, 0.25) is 0 Å². The van der Waals surface area contributed by atoms with Gasteiger partial charge in [0.05, 0.1) is 19.3 Å². The van der Waals surface area contributed by atoms with Crippen molar-refractivity contribution in [3.63, 3.8) is 0 Å². The summed E-state index contributed by atoms with van der Waals surface area (Å²) in [5.74, 6) is 0.221. The van der Waals surface area contributed by atoms with E-state index in [0.717, 1.165) is 9.79 Å². The molecule has 0 saturated carbocycles. The van der Waals surface area contributed by atoms with E-state index in [4.69, 9.17) is 9.47 Å². The van der Waals surface area contributed by atoms with Gasteiger partial charge in [-0.3, -0.25) is 0 Å². The summed E-state index contributed by atoms with van der Waals surface area (Å²) in [6.07, 6.45) is 0. The Kier molecular flexibility index (Phi) is 5.11. The van der Waals surface area contributed by atoms with Gasteiger partial charge in [-0.2, -0.15) is 0 Å². The molecule has 110 valence electrons. The molecule has 0 radical (unpaired) electrons. The summed E-state index contributed by atoms with van der Waals surface area (Å²) < 4.78 is 9.94. The fourth-order valence-electron chi connectivity index (χ4n) is 1.74. The zero-order valence-corrected chi connectivity index (χ0v) is 12.6. The molecule has 2 rings (SSSR count). The average Bonchev–Trinajstić information content (AvgIpc) is 2.48. The van der Waals surface area contributed by atoms with Crippen LogP contribution in [0.5, 0.6) is 11.5 Å². The van der Waals surface area contributed by atoms with Crippen LogP contribution in [0.25, 0.3) is 0 Å². The summed E-state index contributed by atoms with van der Waals surface area (Å²) >= 11 is 1.49. The zero-order valence-electron chi connectivity index (χ0n) is 11.8. The fraction of sp³-hybridized carbons (Fsp3) is 0.188. The van der Waals surface area contributed by atoms with Crippen molar-refractivity contribution < 1.29 is 19.4 Å². The number of methoxy groups -OCH3 is 1. The number of phenolic OH excluding ortho intramolecular Hbond substituents is 1. The van der Waals surface area contributed by atoms with Crippen LogP contribution >= 0.6 is 11.8 Å². The second-order valence-electron chi connectivity index (χ2n) is 4.18. The standard InChI is InChI=1S/C16H16O4S/c1-3-20-16(18)11-4-6-12(7-5-11)21-13-8-9-15(19-2)14(17)10-13/h4-10,17H,3H2,1-2H3. The highest BCUT2D eigenvalue weighted by Crippen LogP contribution is 2.34. The predicted octanol–water partition coefficient (Wildman–Crippen LogP) is 3.73. The molecule has 0 amide bonds. The lowest BCUT2D eigenvalue weighted by molar-refractivity contribution is 0.0526. The van der Waals surface area contributed by atoms with E-state index < -0.39 is 0 Å². The van der Waals surface area contributed by atoms with Crippen LogP contribution in [0.15, 0.2) is 52.3 Å². The van der Waals surface area contributed by atoms with Crippen LogP contribution in [0.1, 0.15) is 17.3 Å². The highest BCUT2D eigenvalue weighted by atomic mass is 32.2. The summed E-state index contributed by atoms with van der Waals surface area (Å²) in [6.45, 7) is 2.14. The average molecular weight is 304 g/mol. The van der Waals surface area contributed by atoms with Gasteiger partial charge in [0, 0.05) is 9.79 Å². The molecule has 2 aromatic rings. The Morgan fingerprint density at radius 1 is 1.14 bits per heavy atom. The highest BCUT2D eigenvalue weighted by molar-refractivity contribution is 7.99. The van der Waals surface area contributed by atoms with E-state index >= 15 is 0 Å². The first-order valence-corrected chi connectivity index (χ1v) is 7.27. The van der Waals surface area contributed by atoms with E-state index in [9.17, 15) is 9.90 Å². The van der Waals surface area contributed by atoms with Crippen molar-refractivity contribution in [3.05, 3.63) is 48.0 Å². The van der Waals surface area contributed by atoms with Gasteiger partial charge in [-0.1, -0.05) is 11.8 Å². The molecule has 1 N–H and O–H groups in total. The third kappa shape index (κ3) is 3.92. The molecular formula is C16H16O4S. The predicted molar refractivity (Wildman–Crippen MR) is 81.2 cm³/mol. The molecular weight excluding hydrogens is 288 g/mol. The Morgan fingerprint density at radius 3 is 2.38 bits per heavy atom. The molecule has 0 aromatic heterocycles. The second kappa shape index (κ2) is 7.04. The Hall–Kier alpha value is -2.14. The van der Waals surface area contributed by atoms with Crippen LogP contribution in [0.4, 0.5) is 0 Å². The lowest BCUT2D eigenvalue weighted by atomic mass is 10.2. The van der Waals surface area contributed by atoms with Crippen LogP contribution < -0.4 is 4.74 Å². The van der Waals surface area contributed by atoms with Crippen molar-refractivity contribution in [1.82, 2.24) is 0 Å². The molecule has 0 aliphatic heterocycles. The maximum atomic E-state index is 11.6. The third-order valence-corrected chi connectivity index (χ3v) is 3.75. The van der Waals surface area contributed by atoms with Crippen LogP contribution in [0, 0.1) is 0 Å². The normalized spacial score (nSPS) is 10.2. The van der Waals surface area contributed by atoms with E-state index in [0.29, 0.717) is 17.9 Å². The molecule has 0 bridgehead atoms. The number of ether oxygens (including phenoxy) is 2. The van der Waals surface area contributed by atoms with Gasteiger partial charge in [-0.25, -0.2) is 4.79 Å². The number of carbonyl (C=O) groups is 1. The van der Waals surface area contributed by atoms with E-state index in [2.05, 4.69) is 0 Å². The summed E-state index contributed by atoms with van der Waals surface area (Å²) in [7, 11) is 1.51. The monoisotopic (exact) mass is 304 g/mol. The maximum Gasteiger partial charge on any atom is 0.338 e. The SMILES string of the molecule is CCOC(=O)c1ccc(Sc2ccc(OC)c(O)c2)cc1. The van der Waals surface area contributed by atoms with Gasteiger partial charge >= 0.3 is 5.97 Å². The molecule has 0 heterocycles. The molecule has 0 aliphatic carbocycles. The third-order valence-electron chi connectivity index (χ3n) is 2.75. The molecule has 0 aliphatic rings. The quantitative estimate of drug-likeness (QED) is 0.853. The number of rotatable bonds is 5. The first-order chi connectivity index (χ1) is 10.1. The fourth-order valence-corrected chi connectivity index (χ4v) is 2.59. The molecule has 0 unspecified atom stereocenters. The molecule has 0 spiro atoms. The largest absolute Gasteiger partial charge is 0.504 e. The Labute approximate surface area is 127 Å². The maximum absolute atomic E-state index is 11.6. The van der Waals surface area contributed by atoms with Gasteiger partial charge in [0.2, 0.25) is 0 Å². The van der Waals surface area contributed by atoms with Crippen molar-refractivity contribution in [1.29, 1.82) is 0 Å². The topological polar surface area (TPSA) is 55.8 Å². The Morgan fingerprint density at radius 2 is 1.81 bits per heavy atom. The summed E-state index contributed by atoms with van der Waals surface area (Å²) in [4.78, 5) is 13.4. The minimum Gasteiger partial charge on any atom is -0.504 e. The highest BCUT2D eigenvalue weighted by Gasteiger charge is 2.07. The van der Waals surface area contributed by atoms with E-state index in [1.165, 1.54) is 18.9 Å². The second-order valence-corrected chi connectivity index (χ2v) is 5.33. The smallest absolute Gasteiger partial charge is 0.338 e. The molecule has 21 heavy (non-hydrogen) atoms. The molecule has 2 aromatic carbocycles. The number of phenols is 1. The van der Waals surface area contributed by atoms with Crippen molar-refractivity contribution in [2.45, 2.75) is 16.7 Å². The van der Waals surface area contributed by atoms with Crippen LogP contribution in [-0.2, 0) is 4.74 Å². The van der Waals surface area contributed by atoms with Crippen LogP contribution in [-0.4, -0.2) is 24.8 Å². The lowest BCUT2D eigenvalue weighted by Crippen LogP contribution is -2.03. The van der Waals surface area contributed by atoms with Gasteiger partial charge < -0.3 is 14.6 Å². The van der Waals surface area contributed by atoms with Crippen molar-refractivity contribution in [2.75, 3.05) is 13.7 Å². The van der Waals surface area contributed by atoms with Gasteiger partial charge in [-0.15, -0.1) is 0 Å². The van der Waals surface area contributed by atoms with Gasteiger partial charge in [0.1, 0.15) is 0 Å². The zero-order chi connectivity index (χ0) is 15.2. The van der Waals surface area contributed by atoms with E-state index in [1.54, 1.807) is 31.2 Å². The van der Waals surface area contributed by atoms with E-state index in [-0.39, 0.29) is 11.7 Å². The van der Waals surface area contributed by atoms with E-state index in [1.807, 2.05) is 18.2 Å². The number of aromatic hydroxyl groups is 1. The minimum atomic E-state index is -0.323. The number of carbonyl (C=O) groups excluding carboxylic acids is 1.